The van der Waals surface area contributed by atoms with Gasteiger partial charge in [-0.3, -0.25) is 4.79 Å². The number of hydrogen-bond donors (Lipinski definition) is 1. The summed E-state index contributed by atoms with van der Waals surface area (Å²) in [6, 6.07) is 25.9. The first-order chi connectivity index (χ1) is 12.7. The molecule has 0 fully saturated rings. The molecule has 1 N–H and O–H groups in total. The van der Waals surface area contributed by atoms with E-state index < -0.39 is 5.63 Å². The highest BCUT2D eigenvalue weighted by molar-refractivity contribution is 6.05. The highest BCUT2D eigenvalue weighted by Gasteiger charge is 2.11. The highest BCUT2D eigenvalue weighted by atomic mass is 16.4. The molecule has 1 heterocycles. The number of anilines is 1. The van der Waals surface area contributed by atoms with Gasteiger partial charge in [0.25, 0.3) is 5.91 Å². The van der Waals surface area contributed by atoms with Gasteiger partial charge in [0, 0.05) is 10.9 Å². The van der Waals surface area contributed by atoms with E-state index in [2.05, 4.69) is 5.32 Å². The smallest absolute Gasteiger partial charge is 0.360 e. The van der Waals surface area contributed by atoms with Crippen LogP contribution in [0.3, 0.4) is 0 Å². The Morgan fingerprint density at radius 1 is 0.769 bits per heavy atom. The van der Waals surface area contributed by atoms with Gasteiger partial charge in [0.15, 0.2) is 0 Å². The number of rotatable bonds is 3. The lowest BCUT2D eigenvalue weighted by molar-refractivity contribution is 0.102. The molecular weight excluding hydrogens is 326 g/mol. The van der Waals surface area contributed by atoms with Crippen molar-refractivity contribution in [3.63, 3.8) is 0 Å². The number of fused-ring (bicyclic) bond motifs is 1. The van der Waals surface area contributed by atoms with Crippen molar-refractivity contribution in [2.24, 2.45) is 0 Å². The van der Waals surface area contributed by atoms with Crippen LogP contribution in [0.5, 0.6) is 0 Å². The van der Waals surface area contributed by atoms with E-state index in [1.807, 2.05) is 54.6 Å². The number of hydrogen-bond acceptors (Lipinski definition) is 3. The molecule has 26 heavy (non-hydrogen) atoms. The molecule has 0 atom stereocenters. The van der Waals surface area contributed by atoms with E-state index in [9.17, 15) is 9.59 Å². The minimum Gasteiger partial charge on any atom is -0.421 e. The summed E-state index contributed by atoms with van der Waals surface area (Å²) < 4.78 is 5.24. The van der Waals surface area contributed by atoms with Gasteiger partial charge in [-0.05, 0) is 35.4 Å². The Kier molecular flexibility index (Phi) is 4.07. The summed E-state index contributed by atoms with van der Waals surface area (Å²) in [5, 5.41) is 3.38. The molecule has 1 aromatic heterocycles. The minimum atomic E-state index is -0.571. The standard InChI is InChI=1S/C22H15NO3/c24-21(17-12-10-16(11-13-17)15-6-2-1-3-7-15)23-19-14-18-8-4-5-9-20(18)26-22(19)25/h1-14H,(H,23,24). The number of para-hydroxylation sites is 1. The first-order valence-corrected chi connectivity index (χ1v) is 8.20. The molecule has 0 saturated carbocycles. The lowest BCUT2D eigenvalue weighted by Crippen LogP contribution is -2.17. The summed E-state index contributed by atoms with van der Waals surface area (Å²) in [5.41, 5.74) is 2.61. The van der Waals surface area contributed by atoms with Gasteiger partial charge >= 0.3 is 5.63 Å². The van der Waals surface area contributed by atoms with E-state index in [1.54, 1.807) is 30.3 Å². The van der Waals surface area contributed by atoms with E-state index >= 15 is 0 Å². The van der Waals surface area contributed by atoms with Crippen molar-refractivity contribution < 1.29 is 9.21 Å². The fourth-order valence-electron chi connectivity index (χ4n) is 2.79. The number of carbonyl (C=O) groups excluding carboxylic acids is 1. The van der Waals surface area contributed by atoms with E-state index in [0.717, 1.165) is 16.5 Å². The lowest BCUT2D eigenvalue weighted by Gasteiger charge is -2.06. The van der Waals surface area contributed by atoms with Crippen LogP contribution in [0.4, 0.5) is 5.69 Å². The van der Waals surface area contributed by atoms with Crippen LogP contribution < -0.4 is 10.9 Å². The normalized spacial score (nSPS) is 10.6. The fraction of sp³-hybridized carbons (Fsp3) is 0. The summed E-state index contributed by atoms with van der Waals surface area (Å²) in [6.45, 7) is 0. The molecule has 0 radical (unpaired) electrons. The molecule has 0 spiro atoms. The minimum absolute atomic E-state index is 0.126. The average molecular weight is 341 g/mol. The second kappa shape index (κ2) is 6.69. The Bertz CT molecular complexity index is 1130. The van der Waals surface area contributed by atoms with Gasteiger partial charge in [-0.1, -0.05) is 60.7 Å². The third-order valence-corrected chi connectivity index (χ3v) is 4.14. The third-order valence-electron chi connectivity index (χ3n) is 4.14. The molecular formula is C22H15NO3. The Labute approximate surface area is 149 Å². The van der Waals surface area contributed by atoms with Gasteiger partial charge in [-0.25, -0.2) is 4.79 Å². The number of carbonyl (C=O) groups is 1. The van der Waals surface area contributed by atoms with Gasteiger partial charge in [-0.2, -0.15) is 0 Å². The van der Waals surface area contributed by atoms with Crippen LogP contribution in [0.25, 0.3) is 22.1 Å². The van der Waals surface area contributed by atoms with Crippen LogP contribution in [0.15, 0.2) is 94.1 Å². The van der Waals surface area contributed by atoms with E-state index in [4.69, 9.17) is 4.42 Å². The molecule has 0 aliphatic heterocycles. The summed E-state index contributed by atoms with van der Waals surface area (Å²) in [5.74, 6) is -0.354. The molecule has 0 aliphatic rings. The van der Waals surface area contributed by atoms with Crippen LogP contribution in [-0.2, 0) is 0 Å². The van der Waals surface area contributed by atoms with E-state index in [0.29, 0.717) is 11.1 Å². The van der Waals surface area contributed by atoms with Crippen molar-refractivity contribution in [3.05, 3.63) is 101 Å². The molecule has 3 aromatic carbocycles. The van der Waals surface area contributed by atoms with Gasteiger partial charge < -0.3 is 9.73 Å². The molecule has 0 unspecified atom stereocenters. The lowest BCUT2D eigenvalue weighted by atomic mass is 10.0. The maximum atomic E-state index is 12.5. The Morgan fingerprint density at radius 3 is 2.19 bits per heavy atom. The Morgan fingerprint density at radius 2 is 1.42 bits per heavy atom. The molecule has 4 rings (SSSR count). The molecule has 1 amide bonds. The van der Waals surface area contributed by atoms with Crippen molar-refractivity contribution in [2.45, 2.75) is 0 Å². The topological polar surface area (TPSA) is 59.3 Å². The summed E-state index contributed by atoms with van der Waals surface area (Å²) in [4.78, 5) is 24.5. The van der Waals surface area contributed by atoms with Crippen LogP contribution >= 0.6 is 0 Å². The molecule has 0 saturated heterocycles. The molecule has 0 bridgehead atoms. The largest absolute Gasteiger partial charge is 0.421 e. The predicted molar refractivity (Wildman–Crippen MR) is 102 cm³/mol. The molecule has 4 heteroatoms. The summed E-state index contributed by atoms with van der Waals surface area (Å²) >= 11 is 0. The van der Waals surface area contributed by atoms with Gasteiger partial charge in [0.1, 0.15) is 11.3 Å². The molecule has 4 nitrogen and oxygen atoms in total. The SMILES string of the molecule is O=C(Nc1cc2ccccc2oc1=O)c1ccc(-c2ccccc2)cc1. The van der Waals surface area contributed by atoms with Crippen molar-refractivity contribution in [1.29, 1.82) is 0 Å². The fourth-order valence-corrected chi connectivity index (χ4v) is 2.79. The van der Waals surface area contributed by atoms with Crippen LogP contribution in [0, 0.1) is 0 Å². The highest BCUT2D eigenvalue weighted by Crippen LogP contribution is 2.20. The van der Waals surface area contributed by atoms with Crippen molar-refractivity contribution >= 4 is 22.6 Å². The number of benzene rings is 3. The van der Waals surface area contributed by atoms with Crippen LogP contribution in [0.1, 0.15) is 10.4 Å². The van der Waals surface area contributed by atoms with E-state index in [1.165, 1.54) is 0 Å². The first-order valence-electron chi connectivity index (χ1n) is 8.20. The maximum absolute atomic E-state index is 12.5. The van der Waals surface area contributed by atoms with Gasteiger partial charge in [-0.15, -0.1) is 0 Å². The third kappa shape index (κ3) is 3.13. The quantitative estimate of drug-likeness (QED) is 0.549. The molecule has 4 aromatic rings. The second-order valence-electron chi connectivity index (χ2n) is 5.88. The number of nitrogens with one attached hydrogen (secondary N) is 1. The summed E-state index contributed by atoms with van der Waals surface area (Å²) in [7, 11) is 0. The van der Waals surface area contributed by atoms with Crippen molar-refractivity contribution in [2.75, 3.05) is 5.32 Å². The first kappa shape index (κ1) is 15.8. The second-order valence-corrected chi connectivity index (χ2v) is 5.88. The number of amides is 1. The Balaban J connectivity index is 1.59. The van der Waals surface area contributed by atoms with Gasteiger partial charge in [0.05, 0.1) is 0 Å². The van der Waals surface area contributed by atoms with Crippen LogP contribution in [-0.4, -0.2) is 5.91 Å². The van der Waals surface area contributed by atoms with E-state index in [-0.39, 0.29) is 11.6 Å². The zero-order valence-corrected chi connectivity index (χ0v) is 13.8. The average Bonchev–Trinajstić information content (AvgIpc) is 2.69. The predicted octanol–water partition coefficient (Wildman–Crippen LogP) is 4.71. The zero-order chi connectivity index (χ0) is 17.9. The van der Waals surface area contributed by atoms with Gasteiger partial charge in [0.2, 0.25) is 0 Å². The molecule has 0 aliphatic carbocycles. The zero-order valence-electron chi connectivity index (χ0n) is 13.8. The maximum Gasteiger partial charge on any atom is 0.360 e. The Hall–Kier alpha value is -3.66. The van der Waals surface area contributed by atoms with Crippen molar-refractivity contribution in [1.82, 2.24) is 0 Å². The molecule has 126 valence electrons. The van der Waals surface area contributed by atoms with Crippen molar-refractivity contribution in [3.8, 4) is 11.1 Å². The summed E-state index contributed by atoms with van der Waals surface area (Å²) in [6.07, 6.45) is 0. The monoisotopic (exact) mass is 341 g/mol. The van der Waals surface area contributed by atoms with Crippen LogP contribution in [0.2, 0.25) is 0 Å².